The highest BCUT2D eigenvalue weighted by Gasteiger charge is 2.51. The Morgan fingerprint density at radius 3 is 2.67 bits per heavy atom. The molecule has 4 aliphatic heterocycles. The lowest BCUT2D eigenvalue weighted by molar-refractivity contribution is -0.0511. The highest BCUT2D eigenvalue weighted by molar-refractivity contribution is 5.07. The van der Waals surface area contributed by atoms with Crippen molar-refractivity contribution in [1.29, 1.82) is 5.26 Å². The molecule has 0 aromatic carbocycles. The van der Waals surface area contributed by atoms with Gasteiger partial charge in [0.05, 0.1) is 6.07 Å². The molecule has 4 fully saturated rings. The molecule has 0 N–H and O–H groups in total. The summed E-state index contributed by atoms with van der Waals surface area (Å²) >= 11 is 0. The predicted molar refractivity (Wildman–Crippen MR) is 72.2 cm³/mol. The van der Waals surface area contributed by atoms with Crippen LogP contribution in [0.1, 0.15) is 44.9 Å². The maximum Gasteiger partial charge on any atom is 0.0621 e. The van der Waals surface area contributed by atoms with Gasteiger partial charge in [-0.25, -0.2) is 0 Å². The second-order valence-electron chi connectivity index (χ2n) is 6.36. The molecule has 1 atom stereocenters. The van der Waals surface area contributed by atoms with E-state index in [2.05, 4.69) is 15.9 Å². The zero-order valence-electron chi connectivity index (χ0n) is 11.4. The molecule has 0 aromatic rings. The summed E-state index contributed by atoms with van der Waals surface area (Å²) in [6.45, 7) is 6.54. The van der Waals surface area contributed by atoms with Gasteiger partial charge in [-0.05, 0) is 70.6 Å². The third-order valence-corrected chi connectivity index (χ3v) is 5.48. The summed E-state index contributed by atoms with van der Waals surface area (Å²) in [4.78, 5) is 5.48. The molecule has 4 aliphatic rings. The molecule has 100 valence electrons. The van der Waals surface area contributed by atoms with Gasteiger partial charge in [0, 0.05) is 18.5 Å². The first-order chi connectivity index (χ1) is 8.85. The number of unbranched alkanes of at least 4 members (excludes halogenated alkanes) is 2. The number of rotatable bonds is 4. The fourth-order valence-electron chi connectivity index (χ4n) is 4.58. The predicted octanol–water partition coefficient (Wildman–Crippen LogP) is 2.24. The number of fused-ring (bicyclic) bond motifs is 2. The van der Waals surface area contributed by atoms with E-state index in [1.807, 2.05) is 0 Å². The summed E-state index contributed by atoms with van der Waals surface area (Å²) in [5.74, 6) is 0.959. The smallest absolute Gasteiger partial charge is 0.0621 e. The van der Waals surface area contributed by atoms with Crippen LogP contribution in [0.4, 0.5) is 0 Å². The summed E-state index contributed by atoms with van der Waals surface area (Å²) in [6, 6.07) is 2.26. The van der Waals surface area contributed by atoms with Crippen molar-refractivity contribution in [2.75, 3.05) is 32.7 Å². The van der Waals surface area contributed by atoms with E-state index in [0.29, 0.717) is 5.54 Å². The van der Waals surface area contributed by atoms with Gasteiger partial charge in [-0.3, -0.25) is 4.90 Å². The zero-order valence-corrected chi connectivity index (χ0v) is 11.4. The van der Waals surface area contributed by atoms with Gasteiger partial charge in [-0.1, -0.05) is 0 Å². The molecule has 0 amide bonds. The van der Waals surface area contributed by atoms with Crippen molar-refractivity contribution in [2.24, 2.45) is 5.92 Å². The van der Waals surface area contributed by atoms with Crippen molar-refractivity contribution in [1.82, 2.24) is 9.80 Å². The van der Waals surface area contributed by atoms with E-state index in [9.17, 15) is 0 Å². The first-order valence-corrected chi connectivity index (χ1v) is 7.69. The van der Waals surface area contributed by atoms with E-state index in [4.69, 9.17) is 5.26 Å². The standard InChI is InChI=1S/C15H25N3/c16-8-2-1-3-9-18-10-4-7-15(18)13-17-11-5-14(15)6-12-17/h14H,1-7,9-13H2. The summed E-state index contributed by atoms with van der Waals surface area (Å²) in [5.41, 5.74) is 0.531. The van der Waals surface area contributed by atoms with Crippen molar-refractivity contribution in [3.8, 4) is 6.07 Å². The van der Waals surface area contributed by atoms with E-state index in [1.54, 1.807) is 0 Å². The molecule has 1 unspecified atom stereocenters. The van der Waals surface area contributed by atoms with Crippen LogP contribution in [0, 0.1) is 17.2 Å². The number of piperidine rings is 3. The Morgan fingerprint density at radius 2 is 2.00 bits per heavy atom. The lowest BCUT2D eigenvalue weighted by atomic mass is 9.71. The van der Waals surface area contributed by atoms with Gasteiger partial charge in [0.15, 0.2) is 0 Å². The monoisotopic (exact) mass is 247 g/mol. The van der Waals surface area contributed by atoms with Gasteiger partial charge >= 0.3 is 0 Å². The zero-order chi connectivity index (χ0) is 12.4. The average Bonchev–Trinajstić information content (AvgIpc) is 2.79. The molecule has 1 spiro atoms. The Kier molecular flexibility index (Phi) is 3.59. The number of nitriles is 1. The third-order valence-electron chi connectivity index (χ3n) is 5.48. The average molecular weight is 247 g/mol. The summed E-state index contributed by atoms with van der Waals surface area (Å²) in [7, 11) is 0. The number of hydrogen-bond acceptors (Lipinski definition) is 3. The minimum absolute atomic E-state index is 0.531. The molecule has 3 heteroatoms. The lowest BCUT2D eigenvalue weighted by Gasteiger charge is -2.55. The topological polar surface area (TPSA) is 30.3 Å². The molecule has 4 heterocycles. The molecule has 3 nitrogen and oxygen atoms in total. The van der Waals surface area contributed by atoms with Crippen LogP contribution in [0.2, 0.25) is 0 Å². The number of nitrogens with zero attached hydrogens (tertiary/aromatic N) is 3. The van der Waals surface area contributed by atoms with Gasteiger partial charge in [-0.2, -0.15) is 5.26 Å². The van der Waals surface area contributed by atoms with E-state index >= 15 is 0 Å². The maximum absolute atomic E-state index is 8.62. The number of likely N-dealkylation sites (tertiary alicyclic amines) is 1. The highest BCUT2D eigenvalue weighted by atomic mass is 15.3. The Labute approximate surface area is 111 Å². The molecule has 0 aromatic heterocycles. The van der Waals surface area contributed by atoms with Gasteiger partial charge in [-0.15, -0.1) is 0 Å². The van der Waals surface area contributed by atoms with Gasteiger partial charge in [0.25, 0.3) is 0 Å². The summed E-state index contributed by atoms with van der Waals surface area (Å²) in [6.07, 6.45) is 8.69. The third kappa shape index (κ3) is 2.06. The Hall–Kier alpha value is -0.590. The van der Waals surface area contributed by atoms with E-state index in [1.165, 1.54) is 64.8 Å². The van der Waals surface area contributed by atoms with Crippen molar-refractivity contribution in [3.63, 3.8) is 0 Å². The minimum atomic E-state index is 0.531. The molecular weight excluding hydrogens is 222 g/mol. The van der Waals surface area contributed by atoms with Crippen LogP contribution in [0.25, 0.3) is 0 Å². The Balaban J connectivity index is 1.62. The summed E-state index contributed by atoms with van der Waals surface area (Å²) in [5, 5.41) is 8.62. The van der Waals surface area contributed by atoms with E-state index < -0.39 is 0 Å². The first kappa shape index (κ1) is 12.4. The molecule has 18 heavy (non-hydrogen) atoms. The van der Waals surface area contributed by atoms with Crippen molar-refractivity contribution >= 4 is 0 Å². The molecule has 0 saturated carbocycles. The fourth-order valence-corrected chi connectivity index (χ4v) is 4.58. The molecule has 4 saturated heterocycles. The normalized spacial score (nSPS) is 39.3. The molecule has 4 rings (SSSR count). The van der Waals surface area contributed by atoms with Crippen molar-refractivity contribution in [2.45, 2.75) is 50.5 Å². The largest absolute Gasteiger partial charge is 0.301 e. The second kappa shape index (κ2) is 5.19. The fraction of sp³-hybridized carbons (Fsp3) is 0.933. The molecular formula is C15H25N3. The highest BCUT2D eigenvalue weighted by Crippen LogP contribution is 2.45. The van der Waals surface area contributed by atoms with Gasteiger partial charge in [0.1, 0.15) is 0 Å². The first-order valence-electron chi connectivity index (χ1n) is 7.69. The van der Waals surface area contributed by atoms with Crippen LogP contribution in [0.15, 0.2) is 0 Å². The van der Waals surface area contributed by atoms with Crippen LogP contribution in [-0.4, -0.2) is 48.1 Å². The van der Waals surface area contributed by atoms with Crippen molar-refractivity contribution in [3.05, 3.63) is 0 Å². The molecule has 0 radical (unpaired) electrons. The van der Waals surface area contributed by atoms with Crippen LogP contribution in [0.5, 0.6) is 0 Å². The lowest BCUT2D eigenvalue weighted by Crippen LogP contribution is -2.64. The van der Waals surface area contributed by atoms with Gasteiger partial charge in [0.2, 0.25) is 0 Å². The molecule has 0 aliphatic carbocycles. The van der Waals surface area contributed by atoms with Crippen LogP contribution in [-0.2, 0) is 0 Å². The maximum atomic E-state index is 8.62. The Morgan fingerprint density at radius 1 is 1.17 bits per heavy atom. The van der Waals surface area contributed by atoms with Gasteiger partial charge < -0.3 is 4.90 Å². The van der Waals surface area contributed by atoms with Crippen LogP contribution < -0.4 is 0 Å². The second-order valence-corrected chi connectivity index (χ2v) is 6.36. The Bertz CT molecular complexity index is 327. The molecule has 2 bridgehead atoms. The summed E-state index contributed by atoms with van der Waals surface area (Å²) < 4.78 is 0. The van der Waals surface area contributed by atoms with Crippen molar-refractivity contribution < 1.29 is 0 Å². The SMILES string of the molecule is N#CCCCCN1CCCC12CN1CCC2CC1. The van der Waals surface area contributed by atoms with E-state index in [0.717, 1.165) is 18.8 Å². The minimum Gasteiger partial charge on any atom is -0.301 e. The quantitative estimate of drug-likeness (QED) is 0.714. The van der Waals surface area contributed by atoms with Crippen LogP contribution in [0.3, 0.4) is 0 Å². The van der Waals surface area contributed by atoms with Crippen LogP contribution >= 0.6 is 0 Å². The van der Waals surface area contributed by atoms with E-state index in [-0.39, 0.29) is 0 Å². The number of hydrogen-bond donors (Lipinski definition) is 0.